The van der Waals surface area contributed by atoms with Gasteiger partial charge in [0.15, 0.2) is 5.76 Å². The van der Waals surface area contributed by atoms with Crippen molar-refractivity contribution < 1.29 is 14.0 Å². The average molecular weight is 306 g/mol. The Hall–Kier alpha value is -2.08. The van der Waals surface area contributed by atoms with Crippen LogP contribution in [0.25, 0.3) is 0 Å². The highest BCUT2D eigenvalue weighted by molar-refractivity contribution is 7.09. The third kappa shape index (κ3) is 5.43. The highest BCUT2D eigenvalue weighted by Crippen LogP contribution is 2.11. The molecule has 5 nitrogen and oxygen atoms in total. The molecule has 0 spiro atoms. The van der Waals surface area contributed by atoms with Gasteiger partial charge < -0.3 is 15.1 Å². The Labute approximate surface area is 127 Å². The molecule has 0 aromatic carbocycles. The van der Waals surface area contributed by atoms with E-state index in [1.165, 1.54) is 11.1 Å². The molecule has 0 saturated heterocycles. The van der Waals surface area contributed by atoms with Crippen LogP contribution in [-0.2, 0) is 11.2 Å². The van der Waals surface area contributed by atoms with Crippen LogP contribution in [0.5, 0.6) is 0 Å². The van der Waals surface area contributed by atoms with Crippen molar-refractivity contribution >= 4 is 23.2 Å². The number of rotatable bonds is 8. The zero-order chi connectivity index (χ0) is 14.9. The van der Waals surface area contributed by atoms with Crippen molar-refractivity contribution in [1.29, 1.82) is 0 Å². The summed E-state index contributed by atoms with van der Waals surface area (Å²) in [7, 11) is 0. The first-order valence-electron chi connectivity index (χ1n) is 6.86. The molecular formula is C15H18N2O3S. The topological polar surface area (TPSA) is 71.3 Å². The van der Waals surface area contributed by atoms with Crippen LogP contribution in [0.4, 0.5) is 0 Å². The Morgan fingerprint density at radius 2 is 2.00 bits per heavy atom. The van der Waals surface area contributed by atoms with Gasteiger partial charge in [0.2, 0.25) is 5.91 Å². The summed E-state index contributed by atoms with van der Waals surface area (Å²) < 4.78 is 4.96. The van der Waals surface area contributed by atoms with E-state index in [0.717, 1.165) is 12.8 Å². The number of hydrogen-bond donors (Lipinski definition) is 2. The van der Waals surface area contributed by atoms with Gasteiger partial charge in [0.05, 0.1) is 6.26 Å². The molecule has 0 fully saturated rings. The fourth-order valence-electron chi connectivity index (χ4n) is 1.84. The summed E-state index contributed by atoms with van der Waals surface area (Å²) in [4.78, 5) is 24.4. The van der Waals surface area contributed by atoms with E-state index in [1.807, 2.05) is 11.4 Å². The van der Waals surface area contributed by atoms with Crippen LogP contribution in [0.2, 0.25) is 0 Å². The zero-order valence-electron chi connectivity index (χ0n) is 11.6. The van der Waals surface area contributed by atoms with Crippen molar-refractivity contribution in [2.45, 2.75) is 19.3 Å². The lowest BCUT2D eigenvalue weighted by Gasteiger charge is -2.06. The molecule has 0 aliphatic heterocycles. The maximum absolute atomic E-state index is 11.6. The summed E-state index contributed by atoms with van der Waals surface area (Å²) in [5.74, 6) is 0.0167. The largest absolute Gasteiger partial charge is 0.459 e. The molecule has 2 amide bonds. The molecule has 21 heavy (non-hydrogen) atoms. The number of hydrogen-bond acceptors (Lipinski definition) is 4. The van der Waals surface area contributed by atoms with Gasteiger partial charge in [-0.15, -0.1) is 11.3 Å². The van der Waals surface area contributed by atoms with Gasteiger partial charge in [-0.05, 0) is 36.4 Å². The Morgan fingerprint density at radius 1 is 1.14 bits per heavy atom. The van der Waals surface area contributed by atoms with Gasteiger partial charge in [0, 0.05) is 24.4 Å². The number of furan rings is 1. The second kappa shape index (κ2) is 8.26. The maximum atomic E-state index is 11.6. The number of nitrogens with one attached hydrogen (secondary N) is 2. The molecule has 6 heteroatoms. The first-order chi connectivity index (χ1) is 10.3. The lowest BCUT2D eigenvalue weighted by molar-refractivity contribution is -0.121. The lowest BCUT2D eigenvalue weighted by Crippen LogP contribution is -2.34. The van der Waals surface area contributed by atoms with Gasteiger partial charge >= 0.3 is 0 Å². The fraction of sp³-hybridized carbons (Fsp3) is 0.333. The smallest absolute Gasteiger partial charge is 0.287 e. The Kier molecular flexibility index (Phi) is 6.02. The molecule has 2 aromatic rings. The van der Waals surface area contributed by atoms with Crippen LogP contribution in [0, 0.1) is 0 Å². The van der Waals surface area contributed by atoms with Gasteiger partial charge in [-0.1, -0.05) is 6.07 Å². The summed E-state index contributed by atoms with van der Waals surface area (Å²) in [5.41, 5.74) is 0. The van der Waals surface area contributed by atoms with Crippen LogP contribution >= 0.6 is 11.3 Å². The second-order valence-corrected chi connectivity index (χ2v) is 5.55. The van der Waals surface area contributed by atoms with Crippen molar-refractivity contribution in [2.24, 2.45) is 0 Å². The monoisotopic (exact) mass is 306 g/mol. The normalized spacial score (nSPS) is 10.3. The third-order valence-corrected chi connectivity index (χ3v) is 3.82. The van der Waals surface area contributed by atoms with Gasteiger partial charge in [-0.25, -0.2) is 0 Å². The van der Waals surface area contributed by atoms with Crippen molar-refractivity contribution in [3.05, 3.63) is 46.5 Å². The molecule has 2 N–H and O–H groups in total. The van der Waals surface area contributed by atoms with E-state index in [4.69, 9.17) is 4.42 Å². The van der Waals surface area contributed by atoms with Gasteiger partial charge in [-0.2, -0.15) is 0 Å². The number of carbonyl (C=O) groups excluding carboxylic acids is 2. The minimum absolute atomic E-state index is 0.0128. The Bertz CT molecular complexity index is 550. The van der Waals surface area contributed by atoms with Crippen LogP contribution in [0.3, 0.4) is 0 Å². The van der Waals surface area contributed by atoms with Crippen LogP contribution in [0.1, 0.15) is 28.3 Å². The first-order valence-corrected chi connectivity index (χ1v) is 7.74. The van der Waals surface area contributed by atoms with E-state index < -0.39 is 0 Å². The predicted octanol–water partition coefficient (Wildman–Crippen LogP) is 2.21. The Morgan fingerprint density at radius 3 is 2.71 bits per heavy atom. The van der Waals surface area contributed by atoms with Crippen molar-refractivity contribution in [3.63, 3.8) is 0 Å². The predicted molar refractivity (Wildman–Crippen MR) is 81.3 cm³/mol. The van der Waals surface area contributed by atoms with Crippen LogP contribution in [0.15, 0.2) is 40.3 Å². The molecule has 0 radical (unpaired) electrons. The van der Waals surface area contributed by atoms with E-state index in [-0.39, 0.29) is 17.6 Å². The summed E-state index contributed by atoms with van der Waals surface area (Å²) in [6.45, 7) is 0.806. The molecular weight excluding hydrogens is 288 g/mol. The SMILES string of the molecule is O=C(CCCc1cccs1)NCCNC(=O)c1ccco1. The van der Waals surface area contributed by atoms with Crippen LogP contribution in [-0.4, -0.2) is 24.9 Å². The molecule has 0 aliphatic carbocycles. The van der Waals surface area contributed by atoms with Crippen molar-refractivity contribution in [1.82, 2.24) is 10.6 Å². The molecule has 0 aliphatic rings. The van der Waals surface area contributed by atoms with Crippen molar-refractivity contribution in [3.8, 4) is 0 Å². The van der Waals surface area contributed by atoms with E-state index >= 15 is 0 Å². The minimum Gasteiger partial charge on any atom is -0.459 e. The molecule has 0 bridgehead atoms. The second-order valence-electron chi connectivity index (χ2n) is 4.52. The number of thiophene rings is 1. The number of amides is 2. The summed E-state index contributed by atoms with van der Waals surface area (Å²) >= 11 is 1.71. The van der Waals surface area contributed by atoms with Gasteiger partial charge in [0.25, 0.3) is 5.91 Å². The average Bonchev–Trinajstić information content (AvgIpc) is 3.16. The molecule has 0 unspecified atom stereocenters. The maximum Gasteiger partial charge on any atom is 0.287 e. The van der Waals surface area contributed by atoms with E-state index in [9.17, 15) is 9.59 Å². The molecule has 0 saturated carbocycles. The minimum atomic E-state index is -0.271. The molecule has 112 valence electrons. The van der Waals surface area contributed by atoms with E-state index in [2.05, 4.69) is 16.7 Å². The van der Waals surface area contributed by atoms with E-state index in [1.54, 1.807) is 23.5 Å². The summed E-state index contributed by atoms with van der Waals surface area (Å²) in [5, 5.41) is 7.49. The van der Waals surface area contributed by atoms with E-state index in [0.29, 0.717) is 19.5 Å². The number of carbonyl (C=O) groups is 2. The lowest BCUT2D eigenvalue weighted by atomic mass is 10.2. The van der Waals surface area contributed by atoms with Gasteiger partial charge in [0.1, 0.15) is 0 Å². The van der Waals surface area contributed by atoms with Crippen molar-refractivity contribution in [2.75, 3.05) is 13.1 Å². The fourth-order valence-corrected chi connectivity index (χ4v) is 2.59. The standard InChI is InChI=1S/C15H18N2O3S/c18-14(7-1-4-12-5-3-11-21-12)16-8-9-17-15(19)13-6-2-10-20-13/h2-3,5-6,10-11H,1,4,7-9H2,(H,16,18)(H,17,19). The molecule has 2 heterocycles. The summed E-state index contributed by atoms with van der Waals surface area (Å²) in [6.07, 6.45) is 3.72. The summed E-state index contributed by atoms with van der Waals surface area (Å²) in [6, 6.07) is 7.34. The number of aryl methyl sites for hydroxylation is 1. The van der Waals surface area contributed by atoms with Crippen LogP contribution < -0.4 is 10.6 Å². The highest BCUT2D eigenvalue weighted by atomic mass is 32.1. The molecule has 2 aromatic heterocycles. The zero-order valence-corrected chi connectivity index (χ0v) is 12.4. The van der Waals surface area contributed by atoms with Gasteiger partial charge in [-0.3, -0.25) is 9.59 Å². The Balaban J connectivity index is 1.52. The first kappa shape index (κ1) is 15.3. The third-order valence-electron chi connectivity index (χ3n) is 2.88. The molecule has 2 rings (SSSR count). The molecule has 0 atom stereocenters. The highest BCUT2D eigenvalue weighted by Gasteiger charge is 2.07. The quantitative estimate of drug-likeness (QED) is 0.735.